The van der Waals surface area contributed by atoms with Crippen LogP contribution in [0.2, 0.25) is 0 Å². The zero-order chi connectivity index (χ0) is 13.8. The van der Waals surface area contributed by atoms with Crippen LogP contribution in [0, 0.1) is 5.82 Å². The van der Waals surface area contributed by atoms with E-state index in [-0.39, 0.29) is 24.2 Å². The van der Waals surface area contributed by atoms with Gasteiger partial charge in [0.25, 0.3) is 5.91 Å². The third-order valence-electron chi connectivity index (χ3n) is 3.58. The molecule has 0 spiro atoms. The van der Waals surface area contributed by atoms with Gasteiger partial charge in [-0.2, -0.15) is 0 Å². The number of anilines is 1. The SMILES string of the molecule is Nc1ccc(C(=O)N2CCCC2CCCO)cc1F. The van der Waals surface area contributed by atoms with Crippen molar-refractivity contribution in [1.82, 2.24) is 4.90 Å². The van der Waals surface area contributed by atoms with Crippen molar-refractivity contribution in [3.63, 3.8) is 0 Å². The summed E-state index contributed by atoms with van der Waals surface area (Å²) >= 11 is 0. The smallest absolute Gasteiger partial charge is 0.254 e. The predicted octanol–water partition coefficient (Wildman–Crippen LogP) is 1.79. The number of aliphatic hydroxyl groups excluding tert-OH is 1. The largest absolute Gasteiger partial charge is 0.396 e. The van der Waals surface area contributed by atoms with Gasteiger partial charge in [-0.05, 0) is 43.9 Å². The van der Waals surface area contributed by atoms with Gasteiger partial charge in [0.05, 0.1) is 5.69 Å². The van der Waals surface area contributed by atoms with Gasteiger partial charge < -0.3 is 15.7 Å². The minimum atomic E-state index is -0.558. The molecule has 1 aliphatic heterocycles. The van der Waals surface area contributed by atoms with Crippen LogP contribution in [0.3, 0.4) is 0 Å². The number of aliphatic hydroxyl groups is 1. The maximum absolute atomic E-state index is 13.4. The van der Waals surface area contributed by atoms with E-state index in [1.807, 2.05) is 0 Å². The predicted molar refractivity (Wildman–Crippen MR) is 71.2 cm³/mol. The zero-order valence-corrected chi connectivity index (χ0v) is 10.8. The molecule has 1 atom stereocenters. The molecule has 1 unspecified atom stereocenters. The van der Waals surface area contributed by atoms with E-state index in [9.17, 15) is 9.18 Å². The number of nitrogen functional groups attached to an aromatic ring is 1. The fraction of sp³-hybridized carbons (Fsp3) is 0.500. The van der Waals surface area contributed by atoms with Gasteiger partial charge in [0.15, 0.2) is 0 Å². The lowest BCUT2D eigenvalue weighted by Crippen LogP contribution is -2.35. The molecule has 0 aliphatic carbocycles. The summed E-state index contributed by atoms with van der Waals surface area (Å²) in [5.74, 6) is -0.712. The fourth-order valence-electron chi connectivity index (χ4n) is 2.56. The minimum absolute atomic E-state index is 0.0507. The number of halogens is 1. The number of carbonyl (C=O) groups is 1. The fourth-order valence-corrected chi connectivity index (χ4v) is 2.56. The number of carbonyl (C=O) groups excluding carboxylic acids is 1. The molecule has 1 amide bonds. The second kappa shape index (κ2) is 6.02. The van der Waals surface area contributed by atoms with Gasteiger partial charge in [-0.1, -0.05) is 0 Å². The van der Waals surface area contributed by atoms with Crippen molar-refractivity contribution in [2.75, 3.05) is 18.9 Å². The molecule has 5 heteroatoms. The number of nitrogens with two attached hydrogens (primary N) is 1. The minimum Gasteiger partial charge on any atom is -0.396 e. The molecule has 0 bridgehead atoms. The first kappa shape index (κ1) is 13.8. The Bertz CT molecular complexity index is 465. The standard InChI is InChI=1S/C14H19FN2O2/c15-12-9-10(5-6-13(12)16)14(19)17-7-1-3-11(17)4-2-8-18/h5-6,9,11,18H,1-4,7-8,16H2. The zero-order valence-electron chi connectivity index (χ0n) is 10.8. The van der Waals surface area contributed by atoms with Crippen molar-refractivity contribution in [2.45, 2.75) is 31.7 Å². The molecular formula is C14H19FN2O2. The molecule has 0 saturated carbocycles. The molecule has 1 fully saturated rings. The van der Waals surface area contributed by atoms with Crippen molar-refractivity contribution in [2.24, 2.45) is 0 Å². The van der Waals surface area contributed by atoms with E-state index in [4.69, 9.17) is 10.8 Å². The average Bonchev–Trinajstić information content (AvgIpc) is 2.87. The van der Waals surface area contributed by atoms with Crippen molar-refractivity contribution in [3.8, 4) is 0 Å². The van der Waals surface area contributed by atoms with Crippen LogP contribution in [0.4, 0.5) is 10.1 Å². The maximum atomic E-state index is 13.4. The van der Waals surface area contributed by atoms with Gasteiger partial charge >= 0.3 is 0 Å². The first-order chi connectivity index (χ1) is 9.13. The van der Waals surface area contributed by atoms with Gasteiger partial charge in [0, 0.05) is 24.8 Å². The van der Waals surface area contributed by atoms with Crippen LogP contribution in [0.25, 0.3) is 0 Å². The van der Waals surface area contributed by atoms with Crippen LogP contribution < -0.4 is 5.73 Å². The van der Waals surface area contributed by atoms with E-state index in [0.29, 0.717) is 18.5 Å². The van der Waals surface area contributed by atoms with Gasteiger partial charge in [-0.3, -0.25) is 4.79 Å². The number of likely N-dealkylation sites (tertiary alicyclic amines) is 1. The summed E-state index contributed by atoms with van der Waals surface area (Å²) in [6, 6.07) is 4.32. The monoisotopic (exact) mass is 266 g/mol. The Labute approximate surface area is 112 Å². The van der Waals surface area contributed by atoms with Gasteiger partial charge in [-0.15, -0.1) is 0 Å². The molecule has 1 aliphatic rings. The van der Waals surface area contributed by atoms with Gasteiger partial charge in [0.1, 0.15) is 5.82 Å². The van der Waals surface area contributed by atoms with E-state index in [1.54, 1.807) is 11.0 Å². The number of rotatable bonds is 4. The summed E-state index contributed by atoms with van der Waals surface area (Å²) in [5.41, 5.74) is 5.79. The highest BCUT2D eigenvalue weighted by atomic mass is 19.1. The van der Waals surface area contributed by atoms with Crippen LogP contribution in [0.5, 0.6) is 0 Å². The molecule has 1 aromatic carbocycles. The van der Waals surface area contributed by atoms with Gasteiger partial charge in [-0.25, -0.2) is 4.39 Å². The lowest BCUT2D eigenvalue weighted by molar-refractivity contribution is 0.0724. The Morgan fingerprint density at radius 2 is 2.32 bits per heavy atom. The third kappa shape index (κ3) is 3.04. The highest BCUT2D eigenvalue weighted by Crippen LogP contribution is 2.24. The molecule has 0 radical (unpaired) electrons. The number of benzene rings is 1. The van der Waals surface area contributed by atoms with E-state index >= 15 is 0 Å². The van der Waals surface area contributed by atoms with Crippen molar-refractivity contribution in [1.29, 1.82) is 0 Å². The number of hydrogen-bond donors (Lipinski definition) is 2. The van der Waals surface area contributed by atoms with Gasteiger partial charge in [0.2, 0.25) is 0 Å². The molecule has 1 heterocycles. The first-order valence-electron chi connectivity index (χ1n) is 6.60. The van der Waals surface area contributed by atoms with E-state index in [2.05, 4.69) is 0 Å². The topological polar surface area (TPSA) is 66.6 Å². The number of hydrogen-bond acceptors (Lipinski definition) is 3. The molecule has 4 nitrogen and oxygen atoms in total. The van der Waals surface area contributed by atoms with Crippen molar-refractivity contribution < 1.29 is 14.3 Å². The third-order valence-corrected chi connectivity index (χ3v) is 3.58. The average molecular weight is 266 g/mol. The first-order valence-corrected chi connectivity index (χ1v) is 6.60. The molecule has 2 rings (SSSR count). The Kier molecular flexibility index (Phi) is 4.37. The molecule has 19 heavy (non-hydrogen) atoms. The highest BCUT2D eigenvalue weighted by molar-refractivity contribution is 5.95. The van der Waals surface area contributed by atoms with E-state index in [1.165, 1.54) is 12.1 Å². The summed E-state index contributed by atoms with van der Waals surface area (Å²) in [6.07, 6.45) is 3.38. The Morgan fingerprint density at radius 3 is 3.00 bits per heavy atom. The summed E-state index contributed by atoms with van der Waals surface area (Å²) in [5, 5.41) is 8.87. The number of amides is 1. The lowest BCUT2D eigenvalue weighted by Gasteiger charge is -2.24. The van der Waals surface area contributed by atoms with Crippen LogP contribution >= 0.6 is 0 Å². The molecule has 3 N–H and O–H groups in total. The molecule has 1 saturated heterocycles. The van der Waals surface area contributed by atoms with Crippen LogP contribution in [0.1, 0.15) is 36.0 Å². The summed E-state index contributed by atoms with van der Waals surface area (Å²) in [4.78, 5) is 14.1. The summed E-state index contributed by atoms with van der Waals surface area (Å²) < 4.78 is 13.4. The van der Waals surface area contributed by atoms with E-state index < -0.39 is 5.82 Å². The molecule has 104 valence electrons. The second-order valence-corrected chi connectivity index (χ2v) is 4.90. The van der Waals surface area contributed by atoms with Crippen molar-refractivity contribution in [3.05, 3.63) is 29.6 Å². The highest BCUT2D eigenvalue weighted by Gasteiger charge is 2.29. The molecular weight excluding hydrogens is 247 g/mol. The summed E-state index contributed by atoms with van der Waals surface area (Å²) in [6.45, 7) is 0.829. The van der Waals surface area contributed by atoms with Crippen LogP contribution in [0.15, 0.2) is 18.2 Å². The quantitative estimate of drug-likeness (QED) is 0.816. The van der Waals surface area contributed by atoms with Crippen LogP contribution in [-0.4, -0.2) is 35.1 Å². The second-order valence-electron chi connectivity index (χ2n) is 4.90. The molecule has 1 aromatic rings. The normalized spacial score (nSPS) is 18.8. The summed E-state index contributed by atoms with van der Waals surface area (Å²) in [7, 11) is 0. The van der Waals surface area contributed by atoms with Crippen molar-refractivity contribution >= 4 is 11.6 Å². The Balaban J connectivity index is 2.11. The molecule has 0 aromatic heterocycles. The Hall–Kier alpha value is -1.62. The van der Waals surface area contributed by atoms with Crippen LogP contribution in [-0.2, 0) is 0 Å². The maximum Gasteiger partial charge on any atom is 0.254 e. The van der Waals surface area contributed by atoms with E-state index in [0.717, 1.165) is 19.3 Å². The Morgan fingerprint density at radius 1 is 1.53 bits per heavy atom. The lowest BCUT2D eigenvalue weighted by atomic mass is 10.1. The number of nitrogens with zero attached hydrogens (tertiary/aromatic N) is 1.